The molecule has 0 spiro atoms. The number of ether oxygens (including phenoxy) is 1. The molecule has 3 rings (SSSR count). The van der Waals surface area contributed by atoms with Gasteiger partial charge in [0.1, 0.15) is 6.10 Å². The molecule has 2 heterocycles. The summed E-state index contributed by atoms with van der Waals surface area (Å²) < 4.78 is 19.3. The van der Waals surface area contributed by atoms with Crippen molar-refractivity contribution >= 4 is 5.69 Å². The van der Waals surface area contributed by atoms with Crippen LogP contribution in [-0.4, -0.2) is 18.2 Å². The molecule has 92 valence electrons. The number of anilines is 1. The molecule has 17 heavy (non-hydrogen) atoms. The monoisotopic (exact) mass is 236 g/mol. The number of hydrogen-bond donors (Lipinski definition) is 2. The molecule has 0 saturated carbocycles. The summed E-state index contributed by atoms with van der Waals surface area (Å²) >= 11 is 0. The second-order valence-electron chi connectivity index (χ2n) is 5.04. The van der Waals surface area contributed by atoms with Crippen LogP contribution in [0.4, 0.5) is 10.1 Å². The Morgan fingerprint density at radius 2 is 1.94 bits per heavy atom. The van der Waals surface area contributed by atoms with Crippen molar-refractivity contribution in [3.05, 3.63) is 24.0 Å². The molecule has 0 aliphatic carbocycles. The maximum atomic E-state index is 13.6. The van der Waals surface area contributed by atoms with Crippen LogP contribution in [0, 0.1) is 5.82 Å². The summed E-state index contributed by atoms with van der Waals surface area (Å²) in [5, 5.41) is 3.54. The van der Waals surface area contributed by atoms with Crippen molar-refractivity contribution in [3.8, 4) is 5.75 Å². The first kappa shape index (κ1) is 10.8. The van der Waals surface area contributed by atoms with E-state index in [1.807, 2.05) is 0 Å². The van der Waals surface area contributed by atoms with Gasteiger partial charge in [0, 0.05) is 23.8 Å². The quantitative estimate of drug-likeness (QED) is 0.773. The van der Waals surface area contributed by atoms with Crippen molar-refractivity contribution in [2.75, 3.05) is 5.73 Å². The standard InChI is InChI=1S/C13H17FN2O/c14-12-5-8(15)1-4-13(12)17-11-6-9-2-3-10(7-11)16-9/h1,4-5,9-11,16H,2-3,6-7,15H2/t9-,10+,11-. The molecular weight excluding hydrogens is 219 g/mol. The summed E-state index contributed by atoms with van der Waals surface area (Å²) in [6.45, 7) is 0. The van der Waals surface area contributed by atoms with E-state index < -0.39 is 0 Å². The van der Waals surface area contributed by atoms with Crippen molar-refractivity contribution in [2.45, 2.75) is 43.9 Å². The third kappa shape index (κ3) is 2.22. The number of benzene rings is 1. The Labute approximate surface area is 100 Å². The minimum atomic E-state index is -0.365. The fourth-order valence-electron chi connectivity index (χ4n) is 2.89. The van der Waals surface area contributed by atoms with E-state index in [9.17, 15) is 4.39 Å². The number of halogens is 1. The van der Waals surface area contributed by atoms with Crippen molar-refractivity contribution in [2.24, 2.45) is 0 Å². The molecule has 0 amide bonds. The van der Waals surface area contributed by atoms with Crippen LogP contribution < -0.4 is 15.8 Å². The Hall–Kier alpha value is -1.29. The molecular formula is C13H17FN2O. The van der Waals surface area contributed by atoms with Gasteiger partial charge in [-0.3, -0.25) is 0 Å². The number of nitrogens with one attached hydrogen (secondary N) is 1. The van der Waals surface area contributed by atoms with Gasteiger partial charge in [-0.2, -0.15) is 0 Å². The highest BCUT2D eigenvalue weighted by Crippen LogP contribution is 2.30. The third-order valence-electron chi connectivity index (χ3n) is 3.68. The number of nitrogen functional groups attached to an aromatic ring is 1. The first-order chi connectivity index (χ1) is 8.20. The molecule has 3 nitrogen and oxygen atoms in total. The predicted molar refractivity (Wildman–Crippen MR) is 64.4 cm³/mol. The molecule has 2 saturated heterocycles. The van der Waals surface area contributed by atoms with Crippen molar-refractivity contribution in [1.82, 2.24) is 5.32 Å². The first-order valence-corrected chi connectivity index (χ1v) is 6.18. The number of piperidine rings is 1. The molecule has 2 bridgehead atoms. The predicted octanol–water partition coefficient (Wildman–Crippen LogP) is 2.07. The smallest absolute Gasteiger partial charge is 0.167 e. The lowest BCUT2D eigenvalue weighted by Gasteiger charge is -2.29. The largest absolute Gasteiger partial charge is 0.487 e. The van der Waals surface area contributed by atoms with Crippen molar-refractivity contribution in [3.63, 3.8) is 0 Å². The van der Waals surface area contributed by atoms with Gasteiger partial charge in [0.25, 0.3) is 0 Å². The number of fused-ring (bicyclic) bond motifs is 2. The Morgan fingerprint density at radius 3 is 2.59 bits per heavy atom. The van der Waals surface area contributed by atoms with Crippen LogP contribution in [0.25, 0.3) is 0 Å². The van der Waals surface area contributed by atoms with E-state index in [-0.39, 0.29) is 11.9 Å². The number of rotatable bonds is 2. The van der Waals surface area contributed by atoms with E-state index in [0.717, 1.165) is 12.8 Å². The van der Waals surface area contributed by atoms with Gasteiger partial charge in [-0.05, 0) is 37.8 Å². The van der Waals surface area contributed by atoms with Crippen LogP contribution in [0.2, 0.25) is 0 Å². The lowest BCUT2D eigenvalue weighted by atomic mass is 10.0. The third-order valence-corrected chi connectivity index (χ3v) is 3.68. The summed E-state index contributed by atoms with van der Waals surface area (Å²) in [7, 11) is 0. The van der Waals surface area contributed by atoms with Gasteiger partial charge in [-0.25, -0.2) is 4.39 Å². The molecule has 3 N–H and O–H groups in total. The SMILES string of the molecule is Nc1ccc(O[C@@H]2C[C@H]3CC[C@@H](C2)N3)c(F)c1. The molecule has 2 aliphatic rings. The highest BCUT2D eigenvalue weighted by atomic mass is 19.1. The highest BCUT2D eigenvalue weighted by molar-refractivity contribution is 5.42. The van der Waals surface area contributed by atoms with Crippen molar-refractivity contribution < 1.29 is 9.13 Å². The van der Waals surface area contributed by atoms with Crippen LogP contribution >= 0.6 is 0 Å². The van der Waals surface area contributed by atoms with Crippen LogP contribution in [0.5, 0.6) is 5.75 Å². The van der Waals surface area contributed by atoms with E-state index in [1.165, 1.54) is 18.9 Å². The number of nitrogens with two attached hydrogens (primary N) is 1. The second-order valence-corrected chi connectivity index (χ2v) is 5.04. The summed E-state index contributed by atoms with van der Waals surface area (Å²) in [5.74, 6) is -0.0404. The lowest BCUT2D eigenvalue weighted by molar-refractivity contribution is 0.132. The average Bonchev–Trinajstić information content (AvgIpc) is 2.62. The van der Waals surface area contributed by atoms with Gasteiger partial charge in [0.15, 0.2) is 11.6 Å². The minimum absolute atomic E-state index is 0.131. The maximum Gasteiger partial charge on any atom is 0.167 e. The zero-order chi connectivity index (χ0) is 11.8. The van der Waals surface area contributed by atoms with Gasteiger partial charge in [0.05, 0.1) is 0 Å². The first-order valence-electron chi connectivity index (χ1n) is 6.18. The zero-order valence-corrected chi connectivity index (χ0v) is 9.66. The van der Waals surface area contributed by atoms with E-state index in [4.69, 9.17) is 10.5 Å². The van der Waals surface area contributed by atoms with Crippen LogP contribution in [0.1, 0.15) is 25.7 Å². The Balaban J connectivity index is 1.70. The topological polar surface area (TPSA) is 47.3 Å². The summed E-state index contributed by atoms with van der Waals surface area (Å²) in [4.78, 5) is 0. The van der Waals surface area contributed by atoms with Gasteiger partial charge in [-0.1, -0.05) is 0 Å². The Kier molecular flexibility index (Phi) is 2.67. The second kappa shape index (κ2) is 4.18. The molecule has 2 fully saturated rings. The van der Waals surface area contributed by atoms with Gasteiger partial charge < -0.3 is 15.8 Å². The fraction of sp³-hybridized carbons (Fsp3) is 0.538. The van der Waals surface area contributed by atoms with E-state index >= 15 is 0 Å². The normalized spacial score (nSPS) is 31.5. The molecule has 0 radical (unpaired) electrons. The number of hydrogen-bond acceptors (Lipinski definition) is 3. The van der Waals surface area contributed by atoms with Crippen molar-refractivity contribution in [1.29, 1.82) is 0 Å². The van der Waals surface area contributed by atoms with E-state index in [1.54, 1.807) is 12.1 Å². The molecule has 3 atom stereocenters. The Bertz CT molecular complexity index is 412. The van der Waals surface area contributed by atoms with Gasteiger partial charge in [0.2, 0.25) is 0 Å². The van der Waals surface area contributed by atoms with Crippen LogP contribution in [0.3, 0.4) is 0 Å². The minimum Gasteiger partial charge on any atom is -0.487 e. The van der Waals surface area contributed by atoms with Crippen LogP contribution in [0.15, 0.2) is 18.2 Å². The molecule has 1 aromatic rings. The van der Waals surface area contributed by atoms with Gasteiger partial charge in [-0.15, -0.1) is 0 Å². The maximum absolute atomic E-state index is 13.6. The Morgan fingerprint density at radius 1 is 1.24 bits per heavy atom. The van der Waals surface area contributed by atoms with Gasteiger partial charge >= 0.3 is 0 Å². The molecule has 1 aromatic carbocycles. The fourth-order valence-corrected chi connectivity index (χ4v) is 2.89. The van der Waals surface area contributed by atoms with E-state index in [0.29, 0.717) is 23.5 Å². The zero-order valence-electron chi connectivity index (χ0n) is 9.66. The summed E-state index contributed by atoms with van der Waals surface area (Å²) in [5.41, 5.74) is 5.94. The highest BCUT2D eigenvalue weighted by Gasteiger charge is 2.34. The van der Waals surface area contributed by atoms with Crippen LogP contribution in [-0.2, 0) is 0 Å². The summed E-state index contributed by atoms with van der Waals surface area (Å²) in [6, 6.07) is 5.71. The van der Waals surface area contributed by atoms with E-state index in [2.05, 4.69) is 5.32 Å². The molecule has 0 unspecified atom stereocenters. The summed E-state index contributed by atoms with van der Waals surface area (Å²) in [6.07, 6.45) is 4.51. The molecule has 2 aliphatic heterocycles. The lowest BCUT2D eigenvalue weighted by Crippen LogP contribution is -2.42. The molecule has 4 heteroatoms. The molecule has 0 aromatic heterocycles. The average molecular weight is 236 g/mol.